The number of amides is 1. The zero-order chi connectivity index (χ0) is 13.8. The van der Waals surface area contributed by atoms with Crippen molar-refractivity contribution in [2.75, 3.05) is 13.1 Å². The molecule has 1 heterocycles. The molecule has 2 rings (SSSR count). The van der Waals surface area contributed by atoms with Crippen LogP contribution in [0.4, 0.5) is 4.39 Å². The molecule has 0 saturated carbocycles. The minimum absolute atomic E-state index is 0.0449. The van der Waals surface area contributed by atoms with Gasteiger partial charge in [-0.25, -0.2) is 4.39 Å². The number of rotatable bonds is 4. The van der Waals surface area contributed by atoms with E-state index in [9.17, 15) is 9.18 Å². The van der Waals surface area contributed by atoms with Crippen LogP contribution in [0, 0.1) is 12.7 Å². The van der Waals surface area contributed by atoms with Crippen LogP contribution in [-0.4, -0.2) is 29.9 Å². The Morgan fingerprint density at radius 3 is 3.05 bits per heavy atom. The van der Waals surface area contributed by atoms with Gasteiger partial charge in [0.2, 0.25) is 0 Å². The Hall–Kier alpha value is -1.42. The predicted molar refractivity (Wildman–Crippen MR) is 73.5 cm³/mol. The Labute approximate surface area is 113 Å². The van der Waals surface area contributed by atoms with Gasteiger partial charge in [0.15, 0.2) is 0 Å². The summed E-state index contributed by atoms with van der Waals surface area (Å²) in [6.45, 7) is 3.26. The van der Waals surface area contributed by atoms with Gasteiger partial charge in [-0.15, -0.1) is 0 Å². The summed E-state index contributed by atoms with van der Waals surface area (Å²) in [6, 6.07) is 4.66. The fraction of sp³-hybridized carbons (Fsp3) is 0.533. The van der Waals surface area contributed by atoms with Crippen molar-refractivity contribution in [2.24, 2.45) is 5.73 Å². The molecule has 0 radical (unpaired) electrons. The van der Waals surface area contributed by atoms with Gasteiger partial charge in [0, 0.05) is 18.2 Å². The van der Waals surface area contributed by atoms with E-state index in [4.69, 9.17) is 5.73 Å². The van der Waals surface area contributed by atoms with Crippen LogP contribution >= 0.6 is 0 Å². The van der Waals surface area contributed by atoms with E-state index in [1.54, 1.807) is 6.07 Å². The first-order valence-electron chi connectivity index (χ1n) is 6.90. The van der Waals surface area contributed by atoms with Crippen LogP contribution in [0.2, 0.25) is 0 Å². The summed E-state index contributed by atoms with van der Waals surface area (Å²) in [7, 11) is 0. The second-order valence-electron chi connectivity index (χ2n) is 5.18. The molecule has 1 aliphatic rings. The van der Waals surface area contributed by atoms with Crippen LogP contribution < -0.4 is 5.73 Å². The molecule has 1 atom stereocenters. The smallest absolute Gasteiger partial charge is 0.254 e. The Balaban J connectivity index is 2.16. The average molecular weight is 264 g/mol. The molecule has 0 aromatic heterocycles. The summed E-state index contributed by atoms with van der Waals surface area (Å²) in [5, 5.41) is 0. The zero-order valence-corrected chi connectivity index (χ0v) is 11.4. The molecule has 1 saturated heterocycles. The minimum Gasteiger partial charge on any atom is -0.336 e. The number of aryl methyl sites for hydroxylation is 1. The van der Waals surface area contributed by atoms with Gasteiger partial charge in [0.05, 0.1) is 0 Å². The third-order valence-electron chi connectivity index (χ3n) is 3.81. The lowest BCUT2D eigenvalue weighted by Gasteiger charge is -2.25. The summed E-state index contributed by atoms with van der Waals surface area (Å²) in [5.74, 6) is -0.400. The Kier molecular flexibility index (Phi) is 4.53. The largest absolute Gasteiger partial charge is 0.336 e. The lowest BCUT2D eigenvalue weighted by Crippen LogP contribution is -2.36. The lowest BCUT2D eigenvalue weighted by molar-refractivity contribution is 0.0728. The summed E-state index contributed by atoms with van der Waals surface area (Å²) >= 11 is 0. The number of likely N-dealkylation sites (tertiary alicyclic amines) is 1. The first kappa shape index (κ1) is 14.0. The van der Waals surface area contributed by atoms with E-state index in [2.05, 4.69) is 0 Å². The van der Waals surface area contributed by atoms with Crippen molar-refractivity contribution < 1.29 is 9.18 Å². The molecule has 19 heavy (non-hydrogen) atoms. The molecule has 1 amide bonds. The van der Waals surface area contributed by atoms with Gasteiger partial charge in [-0.1, -0.05) is 6.07 Å². The van der Waals surface area contributed by atoms with Crippen LogP contribution in [0.3, 0.4) is 0 Å². The van der Waals surface area contributed by atoms with Gasteiger partial charge in [0.1, 0.15) is 5.82 Å². The number of nitrogens with two attached hydrogens (primary N) is 1. The average Bonchev–Trinajstić information content (AvgIpc) is 2.86. The minimum atomic E-state index is -0.355. The van der Waals surface area contributed by atoms with Gasteiger partial charge in [-0.05, 0) is 56.8 Å². The molecule has 4 heteroatoms. The molecule has 1 fully saturated rings. The van der Waals surface area contributed by atoms with Crippen LogP contribution in [0.5, 0.6) is 0 Å². The van der Waals surface area contributed by atoms with Crippen molar-refractivity contribution >= 4 is 5.91 Å². The van der Waals surface area contributed by atoms with E-state index in [1.165, 1.54) is 12.1 Å². The molecule has 0 spiro atoms. The van der Waals surface area contributed by atoms with E-state index in [-0.39, 0.29) is 17.8 Å². The topological polar surface area (TPSA) is 46.3 Å². The van der Waals surface area contributed by atoms with Crippen molar-refractivity contribution in [2.45, 2.75) is 38.6 Å². The summed E-state index contributed by atoms with van der Waals surface area (Å²) in [5.41, 5.74) is 6.85. The maximum Gasteiger partial charge on any atom is 0.254 e. The van der Waals surface area contributed by atoms with Crippen LogP contribution in [-0.2, 0) is 0 Å². The third-order valence-corrected chi connectivity index (χ3v) is 3.81. The second kappa shape index (κ2) is 6.15. The monoisotopic (exact) mass is 264 g/mol. The Morgan fingerprint density at radius 1 is 1.53 bits per heavy atom. The van der Waals surface area contributed by atoms with E-state index < -0.39 is 0 Å². The van der Waals surface area contributed by atoms with Gasteiger partial charge in [0.25, 0.3) is 5.91 Å². The van der Waals surface area contributed by atoms with Crippen molar-refractivity contribution in [3.63, 3.8) is 0 Å². The zero-order valence-electron chi connectivity index (χ0n) is 11.4. The van der Waals surface area contributed by atoms with E-state index >= 15 is 0 Å². The van der Waals surface area contributed by atoms with Crippen molar-refractivity contribution in [1.82, 2.24) is 4.90 Å². The van der Waals surface area contributed by atoms with Crippen LogP contribution in [0.15, 0.2) is 18.2 Å². The number of carbonyl (C=O) groups is 1. The fourth-order valence-electron chi connectivity index (χ4n) is 2.74. The van der Waals surface area contributed by atoms with Crippen molar-refractivity contribution in [3.05, 3.63) is 35.1 Å². The number of nitrogens with zero attached hydrogens (tertiary/aromatic N) is 1. The number of hydrogen-bond donors (Lipinski definition) is 1. The number of hydrogen-bond acceptors (Lipinski definition) is 2. The molecule has 2 N–H and O–H groups in total. The van der Waals surface area contributed by atoms with Gasteiger partial charge in [-0.2, -0.15) is 0 Å². The molecule has 104 valence electrons. The fourth-order valence-corrected chi connectivity index (χ4v) is 2.74. The first-order valence-corrected chi connectivity index (χ1v) is 6.90. The molecule has 0 aliphatic carbocycles. The SMILES string of the molecule is Cc1ccc(F)cc1C(=O)N1CCCC1CCCN. The highest BCUT2D eigenvalue weighted by molar-refractivity contribution is 5.96. The van der Waals surface area contributed by atoms with Gasteiger partial charge >= 0.3 is 0 Å². The number of halogens is 1. The highest BCUT2D eigenvalue weighted by Crippen LogP contribution is 2.24. The summed E-state index contributed by atoms with van der Waals surface area (Å²) in [4.78, 5) is 14.4. The molecule has 1 aromatic rings. The highest BCUT2D eigenvalue weighted by Gasteiger charge is 2.29. The Bertz CT molecular complexity index is 461. The predicted octanol–water partition coefficient (Wildman–Crippen LogP) is 2.48. The highest BCUT2D eigenvalue weighted by atomic mass is 19.1. The maximum atomic E-state index is 13.3. The summed E-state index contributed by atoms with van der Waals surface area (Å²) < 4.78 is 13.3. The number of carbonyl (C=O) groups excluding carboxylic acids is 1. The third kappa shape index (κ3) is 3.13. The van der Waals surface area contributed by atoms with Crippen LogP contribution in [0.25, 0.3) is 0 Å². The maximum absolute atomic E-state index is 13.3. The summed E-state index contributed by atoms with van der Waals surface area (Å²) in [6.07, 6.45) is 3.92. The second-order valence-corrected chi connectivity index (χ2v) is 5.18. The van der Waals surface area contributed by atoms with E-state index in [1.807, 2.05) is 11.8 Å². The first-order chi connectivity index (χ1) is 9.13. The molecule has 1 aromatic carbocycles. The molecule has 0 bridgehead atoms. The van der Waals surface area contributed by atoms with E-state index in [0.29, 0.717) is 12.1 Å². The molecule has 1 unspecified atom stereocenters. The lowest BCUT2D eigenvalue weighted by atomic mass is 10.1. The van der Waals surface area contributed by atoms with Crippen molar-refractivity contribution in [1.29, 1.82) is 0 Å². The Morgan fingerprint density at radius 2 is 2.32 bits per heavy atom. The standard InChI is InChI=1S/C15H21FN2O/c1-11-6-7-12(16)10-14(11)15(19)18-9-3-5-13(18)4-2-8-17/h6-7,10,13H,2-5,8-9,17H2,1H3. The van der Waals surface area contributed by atoms with Gasteiger partial charge in [-0.3, -0.25) is 4.79 Å². The molecule has 1 aliphatic heterocycles. The van der Waals surface area contributed by atoms with Gasteiger partial charge < -0.3 is 10.6 Å². The van der Waals surface area contributed by atoms with Crippen molar-refractivity contribution in [3.8, 4) is 0 Å². The molecule has 3 nitrogen and oxygen atoms in total. The quantitative estimate of drug-likeness (QED) is 0.908. The normalized spacial score (nSPS) is 18.9. The number of benzene rings is 1. The molecular formula is C15H21FN2O. The van der Waals surface area contributed by atoms with Crippen LogP contribution in [0.1, 0.15) is 41.6 Å². The van der Waals surface area contributed by atoms with E-state index in [0.717, 1.165) is 37.8 Å². The molecular weight excluding hydrogens is 243 g/mol.